The molecule has 0 saturated carbocycles. The fourth-order valence-electron chi connectivity index (χ4n) is 3.00. The Hall–Kier alpha value is -1.69. The van der Waals surface area contributed by atoms with E-state index < -0.39 is 0 Å². The van der Waals surface area contributed by atoms with Crippen LogP contribution in [0.1, 0.15) is 18.2 Å². The number of halogens is 3. The largest absolute Gasteiger partial charge is 0.508 e. The molecular formula is C16H19Cl3N4O. The van der Waals surface area contributed by atoms with Crippen molar-refractivity contribution in [3.63, 3.8) is 0 Å². The molecule has 1 aromatic heterocycles. The van der Waals surface area contributed by atoms with Crippen LogP contribution in [0.5, 0.6) is 5.75 Å². The molecule has 2 aliphatic heterocycles. The molecule has 2 unspecified atom stereocenters. The summed E-state index contributed by atoms with van der Waals surface area (Å²) in [6, 6.07) is 11.3. The van der Waals surface area contributed by atoms with Crippen LogP contribution in [0.25, 0.3) is 11.3 Å². The molecule has 2 aliphatic rings. The summed E-state index contributed by atoms with van der Waals surface area (Å²) in [6.07, 6.45) is 3.11. The maximum absolute atomic E-state index is 9.52. The summed E-state index contributed by atoms with van der Waals surface area (Å²) in [5.41, 5.74) is 3.89. The van der Waals surface area contributed by atoms with Gasteiger partial charge in [-0.15, -0.1) is 37.2 Å². The monoisotopic (exact) mass is 388 g/mol. The normalized spacial score (nSPS) is 20.2. The van der Waals surface area contributed by atoms with E-state index in [9.17, 15) is 5.11 Å². The smallest absolute Gasteiger partial charge is 0.116 e. The second-order valence-corrected chi connectivity index (χ2v) is 5.53. The first kappa shape index (κ1) is 20.4. The summed E-state index contributed by atoms with van der Waals surface area (Å²) < 4.78 is 0. The molecule has 0 radical (unpaired) electrons. The number of hydrogen-bond donors (Lipinski definition) is 3. The van der Waals surface area contributed by atoms with Crippen LogP contribution >= 0.6 is 37.2 Å². The Kier molecular flexibility index (Phi) is 7.14. The maximum atomic E-state index is 9.52. The molecule has 24 heavy (non-hydrogen) atoms. The van der Waals surface area contributed by atoms with Crippen LogP contribution in [0.2, 0.25) is 0 Å². The number of hydrogen-bond acceptors (Lipinski definition) is 5. The van der Waals surface area contributed by atoms with Gasteiger partial charge in [0.2, 0.25) is 0 Å². The average Bonchev–Trinajstić information content (AvgIpc) is 3.09. The van der Waals surface area contributed by atoms with E-state index in [0.717, 1.165) is 29.9 Å². The lowest BCUT2D eigenvalue weighted by atomic mass is 10.0. The van der Waals surface area contributed by atoms with Gasteiger partial charge in [0.15, 0.2) is 0 Å². The molecule has 4 rings (SSSR count). The Morgan fingerprint density at radius 1 is 1.04 bits per heavy atom. The highest BCUT2D eigenvalue weighted by molar-refractivity contribution is 5.86. The fraction of sp³-hybridized carbons (Fsp3) is 0.250. The Morgan fingerprint density at radius 3 is 2.54 bits per heavy atom. The molecule has 3 heterocycles. The maximum Gasteiger partial charge on any atom is 0.116 e. The minimum Gasteiger partial charge on any atom is -0.508 e. The van der Waals surface area contributed by atoms with Gasteiger partial charge >= 0.3 is 0 Å². The van der Waals surface area contributed by atoms with Crippen LogP contribution in [-0.4, -0.2) is 21.8 Å². The standard InChI is InChI=1S/C16H16N4O.3ClH/c21-12-3-1-2-10(6-12)13-4-5-14(20-19-13)15-7-11-8-17-9-16(11)18-15;;;/h1-6,9,11,15,17-18,21H,7-8H2;3*1H. The van der Waals surface area contributed by atoms with Gasteiger partial charge in [-0.1, -0.05) is 12.1 Å². The average molecular weight is 390 g/mol. The highest BCUT2D eigenvalue weighted by atomic mass is 35.5. The number of benzene rings is 1. The van der Waals surface area contributed by atoms with E-state index in [1.807, 2.05) is 18.2 Å². The molecule has 1 aromatic carbocycles. The molecule has 0 bridgehead atoms. The minimum atomic E-state index is 0. The third-order valence-electron chi connectivity index (χ3n) is 4.11. The molecule has 8 heteroatoms. The summed E-state index contributed by atoms with van der Waals surface area (Å²) in [7, 11) is 0. The molecule has 3 N–H and O–H groups in total. The van der Waals surface area contributed by atoms with Gasteiger partial charge in [-0.05, 0) is 30.7 Å². The van der Waals surface area contributed by atoms with Crippen LogP contribution in [-0.2, 0) is 0 Å². The summed E-state index contributed by atoms with van der Waals surface area (Å²) >= 11 is 0. The Balaban J connectivity index is 0.000000960. The van der Waals surface area contributed by atoms with Gasteiger partial charge in [0.1, 0.15) is 5.75 Å². The van der Waals surface area contributed by atoms with Crippen molar-refractivity contribution in [2.75, 3.05) is 6.54 Å². The zero-order valence-corrected chi connectivity index (χ0v) is 15.1. The quantitative estimate of drug-likeness (QED) is 0.736. The van der Waals surface area contributed by atoms with Crippen LogP contribution in [0, 0.1) is 5.92 Å². The number of phenolic OH excluding ortho intramolecular Hbond substituents is 1. The molecule has 0 aliphatic carbocycles. The van der Waals surface area contributed by atoms with Gasteiger partial charge in [-0.25, -0.2) is 0 Å². The van der Waals surface area contributed by atoms with Crippen molar-refractivity contribution in [3.05, 3.63) is 54.0 Å². The van der Waals surface area contributed by atoms with Crippen molar-refractivity contribution >= 4 is 37.2 Å². The molecule has 1 saturated heterocycles. The number of phenols is 1. The highest BCUT2D eigenvalue weighted by Crippen LogP contribution is 2.34. The van der Waals surface area contributed by atoms with Crippen molar-refractivity contribution in [2.45, 2.75) is 12.5 Å². The highest BCUT2D eigenvalue weighted by Gasteiger charge is 2.32. The third-order valence-corrected chi connectivity index (χ3v) is 4.11. The molecule has 2 aromatic rings. The number of nitrogens with one attached hydrogen (secondary N) is 2. The number of aromatic hydroxyl groups is 1. The third kappa shape index (κ3) is 3.86. The first-order valence-corrected chi connectivity index (χ1v) is 7.12. The van der Waals surface area contributed by atoms with Crippen molar-refractivity contribution < 1.29 is 5.11 Å². The van der Waals surface area contributed by atoms with Gasteiger partial charge in [-0.3, -0.25) is 0 Å². The van der Waals surface area contributed by atoms with Crippen LogP contribution in [0.3, 0.4) is 0 Å². The van der Waals surface area contributed by atoms with E-state index in [4.69, 9.17) is 0 Å². The molecule has 2 atom stereocenters. The fourth-order valence-corrected chi connectivity index (χ4v) is 3.00. The van der Waals surface area contributed by atoms with Crippen molar-refractivity contribution in [3.8, 4) is 17.0 Å². The zero-order chi connectivity index (χ0) is 14.2. The van der Waals surface area contributed by atoms with E-state index in [2.05, 4.69) is 27.0 Å². The van der Waals surface area contributed by atoms with Crippen molar-refractivity contribution in [1.29, 1.82) is 0 Å². The lowest BCUT2D eigenvalue weighted by Gasteiger charge is -2.11. The Bertz CT molecular complexity index is 709. The lowest BCUT2D eigenvalue weighted by Crippen LogP contribution is -2.14. The van der Waals surface area contributed by atoms with Crippen LogP contribution in [0.4, 0.5) is 0 Å². The summed E-state index contributed by atoms with van der Waals surface area (Å²) in [5.74, 6) is 0.811. The van der Waals surface area contributed by atoms with Crippen molar-refractivity contribution in [1.82, 2.24) is 20.8 Å². The van der Waals surface area contributed by atoms with E-state index in [0.29, 0.717) is 5.92 Å². The summed E-state index contributed by atoms with van der Waals surface area (Å²) in [6.45, 7) is 1.01. The predicted molar refractivity (Wildman–Crippen MR) is 101 cm³/mol. The van der Waals surface area contributed by atoms with Gasteiger partial charge in [0, 0.05) is 29.9 Å². The number of aromatic nitrogens is 2. The van der Waals surface area contributed by atoms with Crippen molar-refractivity contribution in [2.24, 2.45) is 5.92 Å². The van der Waals surface area contributed by atoms with Crippen LogP contribution < -0.4 is 10.6 Å². The number of fused-ring (bicyclic) bond motifs is 1. The lowest BCUT2D eigenvalue weighted by molar-refractivity contribution is 0.475. The number of nitrogens with zero attached hydrogens (tertiary/aromatic N) is 2. The molecule has 0 amide bonds. The summed E-state index contributed by atoms with van der Waals surface area (Å²) in [4.78, 5) is 0. The predicted octanol–water partition coefficient (Wildman–Crippen LogP) is 3.21. The van der Waals surface area contributed by atoms with Crippen LogP contribution in [0.15, 0.2) is 48.3 Å². The molecule has 5 nitrogen and oxygen atoms in total. The molecule has 0 spiro atoms. The molecule has 1 fully saturated rings. The van der Waals surface area contributed by atoms with Gasteiger partial charge < -0.3 is 15.7 Å². The van der Waals surface area contributed by atoms with Gasteiger partial charge in [0.05, 0.1) is 17.4 Å². The topological polar surface area (TPSA) is 70.1 Å². The van der Waals surface area contributed by atoms with E-state index in [-0.39, 0.29) is 49.0 Å². The summed E-state index contributed by atoms with van der Waals surface area (Å²) in [5, 5.41) is 24.9. The first-order chi connectivity index (χ1) is 10.3. The molecule has 130 valence electrons. The second-order valence-electron chi connectivity index (χ2n) is 5.53. The Labute approximate surface area is 159 Å². The SMILES string of the molecule is Cl.Cl.Cl.Oc1cccc(-c2ccc(C3CC4CNC=C4N3)nn2)c1. The first-order valence-electron chi connectivity index (χ1n) is 7.12. The number of rotatable bonds is 2. The zero-order valence-electron chi connectivity index (χ0n) is 12.7. The van der Waals surface area contributed by atoms with E-state index >= 15 is 0 Å². The van der Waals surface area contributed by atoms with Gasteiger partial charge in [0.25, 0.3) is 0 Å². The van der Waals surface area contributed by atoms with E-state index in [1.54, 1.807) is 18.2 Å². The van der Waals surface area contributed by atoms with E-state index in [1.165, 1.54) is 5.70 Å². The Morgan fingerprint density at radius 2 is 1.88 bits per heavy atom. The minimum absolute atomic E-state index is 0. The molecular weight excluding hydrogens is 371 g/mol. The van der Waals surface area contributed by atoms with Gasteiger partial charge in [-0.2, -0.15) is 10.2 Å². The second kappa shape index (κ2) is 8.42.